The number of hydrogen-bond donors (Lipinski definition) is 0. The molecule has 0 radical (unpaired) electrons. The number of nitrogens with zero attached hydrogens (tertiary/aromatic N) is 1. The maximum atomic E-state index is 12.7. The van der Waals surface area contributed by atoms with Gasteiger partial charge in [0.15, 0.2) is 0 Å². The standard InChI is InChI=1S/C20H25F3NO/c1-19(14-15-24(2,3)4,16-8-6-5-7-9-16)25-18-12-10-17(11-13-18)20(21,22)23/h5-13H,14-15H2,1-4H3/q+1. The molecule has 0 aromatic heterocycles. The van der Waals surface area contributed by atoms with Crippen molar-refractivity contribution in [2.75, 3.05) is 27.7 Å². The molecule has 0 saturated carbocycles. The number of benzene rings is 2. The van der Waals surface area contributed by atoms with E-state index in [-0.39, 0.29) is 0 Å². The molecule has 25 heavy (non-hydrogen) atoms. The van der Waals surface area contributed by atoms with Gasteiger partial charge in [-0.2, -0.15) is 13.2 Å². The molecular formula is C20H25F3NO+. The van der Waals surface area contributed by atoms with Crippen LogP contribution in [0.5, 0.6) is 5.75 Å². The fourth-order valence-corrected chi connectivity index (χ4v) is 2.57. The van der Waals surface area contributed by atoms with E-state index in [1.54, 1.807) is 0 Å². The molecule has 1 atom stereocenters. The summed E-state index contributed by atoms with van der Waals surface area (Å²) in [6.07, 6.45) is -3.60. The summed E-state index contributed by atoms with van der Waals surface area (Å²) in [4.78, 5) is 0. The minimum absolute atomic E-state index is 0.431. The van der Waals surface area contributed by atoms with Crippen LogP contribution in [0.25, 0.3) is 0 Å². The van der Waals surface area contributed by atoms with E-state index in [4.69, 9.17) is 4.74 Å². The van der Waals surface area contributed by atoms with Crippen LogP contribution < -0.4 is 4.74 Å². The Morgan fingerprint density at radius 3 is 1.88 bits per heavy atom. The van der Waals surface area contributed by atoms with Crippen molar-refractivity contribution in [1.29, 1.82) is 0 Å². The molecule has 2 aromatic rings. The first-order valence-electron chi connectivity index (χ1n) is 8.22. The maximum absolute atomic E-state index is 12.7. The lowest BCUT2D eigenvalue weighted by molar-refractivity contribution is -0.871. The Bertz CT molecular complexity index is 675. The third-order valence-corrected chi connectivity index (χ3v) is 4.17. The van der Waals surface area contributed by atoms with Crippen LogP contribution in [0.2, 0.25) is 0 Å². The van der Waals surface area contributed by atoms with E-state index < -0.39 is 17.3 Å². The normalized spacial score (nSPS) is 14.8. The van der Waals surface area contributed by atoms with Crippen molar-refractivity contribution in [3.8, 4) is 5.75 Å². The fourth-order valence-electron chi connectivity index (χ4n) is 2.57. The highest BCUT2D eigenvalue weighted by atomic mass is 19.4. The second-order valence-corrected chi connectivity index (χ2v) is 7.49. The van der Waals surface area contributed by atoms with Crippen molar-refractivity contribution in [1.82, 2.24) is 0 Å². The molecule has 0 aliphatic carbocycles. The Morgan fingerprint density at radius 1 is 0.840 bits per heavy atom. The Labute approximate surface area is 147 Å². The van der Waals surface area contributed by atoms with Crippen LogP contribution in [0.1, 0.15) is 24.5 Å². The molecule has 0 spiro atoms. The van der Waals surface area contributed by atoms with Gasteiger partial charge in [-0.1, -0.05) is 30.3 Å². The topological polar surface area (TPSA) is 9.23 Å². The summed E-state index contributed by atoms with van der Waals surface area (Å²) in [5.41, 5.74) is -0.289. The van der Waals surface area contributed by atoms with E-state index >= 15 is 0 Å². The van der Waals surface area contributed by atoms with E-state index in [0.717, 1.165) is 35.1 Å². The van der Waals surface area contributed by atoms with Crippen LogP contribution in [0.15, 0.2) is 54.6 Å². The van der Waals surface area contributed by atoms with Gasteiger partial charge in [-0.05, 0) is 36.8 Å². The van der Waals surface area contributed by atoms with Gasteiger partial charge in [0.25, 0.3) is 0 Å². The summed E-state index contributed by atoms with van der Waals surface area (Å²) in [7, 11) is 6.30. The van der Waals surface area contributed by atoms with Crippen molar-refractivity contribution in [3.63, 3.8) is 0 Å². The SMILES string of the molecule is CC(CC[N+](C)(C)C)(Oc1ccc(C(F)(F)F)cc1)c1ccccc1. The van der Waals surface area contributed by atoms with Crippen molar-refractivity contribution >= 4 is 0 Å². The van der Waals surface area contributed by atoms with Crippen molar-refractivity contribution in [2.24, 2.45) is 0 Å². The quantitative estimate of drug-likeness (QED) is 0.658. The Kier molecular flexibility index (Phi) is 5.47. The summed E-state index contributed by atoms with van der Waals surface area (Å²) in [6.45, 7) is 2.85. The molecule has 0 N–H and O–H groups in total. The van der Waals surface area contributed by atoms with Gasteiger partial charge in [0.1, 0.15) is 11.4 Å². The lowest BCUT2D eigenvalue weighted by Gasteiger charge is -2.34. The van der Waals surface area contributed by atoms with Gasteiger partial charge in [0.05, 0.1) is 33.3 Å². The summed E-state index contributed by atoms with van der Waals surface area (Å²) < 4.78 is 45.1. The maximum Gasteiger partial charge on any atom is 0.416 e. The summed E-state index contributed by atoms with van der Waals surface area (Å²) in [5.74, 6) is 0.431. The van der Waals surface area contributed by atoms with E-state index in [0.29, 0.717) is 5.75 Å². The smallest absolute Gasteiger partial charge is 0.416 e. The molecule has 2 nitrogen and oxygen atoms in total. The Hall–Kier alpha value is -2.01. The minimum Gasteiger partial charge on any atom is -0.483 e. The number of alkyl halides is 3. The predicted octanol–water partition coefficient (Wildman–Crippen LogP) is 5.10. The second-order valence-electron chi connectivity index (χ2n) is 7.49. The van der Waals surface area contributed by atoms with Gasteiger partial charge in [0.2, 0.25) is 0 Å². The van der Waals surface area contributed by atoms with Crippen LogP contribution in [0, 0.1) is 0 Å². The van der Waals surface area contributed by atoms with Gasteiger partial charge in [-0.3, -0.25) is 0 Å². The Morgan fingerprint density at radius 2 is 1.40 bits per heavy atom. The summed E-state index contributed by atoms with van der Waals surface area (Å²) in [5, 5.41) is 0. The van der Waals surface area contributed by atoms with Crippen LogP contribution >= 0.6 is 0 Å². The first kappa shape index (κ1) is 19.3. The first-order chi connectivity index (χ1) is 11.5. The van der Waals surface area contributed by atoms with E-state index in [1.165, 1.54) is 12.1 Å². The molecule has 0 aliphatic heterocycles. The number of rotatable bonds is 6. The fraction of sp³-hybridized carbons (Fsp3) is 0.400. The number of quaternary nitrogens is 1. The monoisotopic (exact) mass is 352 g/mol. The van der Waals surface area contributed by atoms with E-state index in [1.807, 2.05) is 37.3 Å². The molecule has 0 aliphatic rings. The number of hydrogen-bond acceptors (Lipinski definition) is 1. The molecule has 1 unspecified atom stereocenters. The van der Waals surface area contributed by atoms with E-state index in [9.17, 15) is 13.2 Å². The number of halogens is 3. The second kappa shape index (κ2) is 7.08. The molecular weight excluding hydrogens is 327 g/mol. The Balaban J connectivity index is 2.27. The number of ether oxygens (including phenoxy) is 1. The minimum atomic E-state index is -4.34. The van der Waals surface area contributed by atoms with E-state index in [2.05, 4.69) is 21.1 Å². The molecule has 2 aromatic carbocycles. The molecule has 0 fully saturated rings. The lowest BCUT2D eigenvalue weighted by atomic mass is 9.91. The first-order valence-corrected chi connectivity index (χ1v) is 8.22. The molecule has 0 heterocycles. The zero-order chi connectivity index (χ0) is 18.7. The zero-order valence-corrected chi connectivity index (χ0v) is 15.1. The average molecular weight is 352 g/mol. The molecule has 0 saturated heterocycles. The van der Waals surface area contributed by atoms with Gasteiger partial charge in [-0.15, -0.1) is 0 Å². The third kappa shape index (κ3) is 5.49. The van der Waals surface area contributed by atoms with Gasteiger partial charge < -0.3 is 9.22 Å². The summed E-state index contributed by atoms with van der Waals surface area (Å²) in [6, 6.07) is 14.7. The van der Waals surface area contributed by atoms with Crippen LogP contribution in [0.3, 0.4) is 0 Å². The largest absolute Gasteiger partial charge is 0.483 e. The van der Waals surface area contributed by atoms with Crippen LogP contribution in [-0.2, 0) is 11.8 Å². The van der Waals surface area contributed by atoms with Crippen molar-refractivity contribution in [2.45, 2.75) is 25.1 Å². The highest BCUT2D eigenvalue weighted by Crippen LogP contribution is 2.34. The third-order valence-electron chi connectivity index (χ3n) is 4.17. The predicted molar refractivity (Wildman–Crippen MR) is 93.4 cm³/mol. The molecule has 5 heteroatoms. The summed E-state index contributed by atoms with van der Waals surface area (Å²) >= 11 is 0. The molecule has 136 valence electrons. The van der Waals surface area contributed by atoms with Crippen molar-refractivity contribution in [3.05, 3.63) is 65.7 Å². The van der Waals surface area contributed by atoms with Gasteiger partial charge in [0, 0.05) is 6.42 Å². The van der Waals surface area contributed by atoms with Gasteiger partial charge in [-0.25, -0.2) is 0 Å². The highest BCUT2D eigenvalue weighted by molar-refractivity contribution is 5.31. The van der Waals surface area contributed by atoms with Crippen LogP contribution in [0.4, 0.5) is 13.2 Å². The molecule has 2 rings (SSSR count). The zero-order valence-electron chi connectivity index (χ0n) is 15.1. The van der Waals surface area contributed by atoms with Crippen LogP contribution in [-0.4, -0.2) is 32.2 Å². The van der Waals surface area contributed by atoms with Gasteiger partial charge >= 0.3 is 6.18 Å². The average Bonchev–Trinajstić information content (AvgIpc) is 2.53. The lowest BCUT2D eigenvalue weighted by Crippen LogP contribution is -2.41. The molecule has 0 amide bonds. The molecule has 0 bridgehead atoms. The highest BCUT2D eigenvalue weighted by Gasteiger charge is 2.33. The van der Waals surface area contributed by atoms with Crippen molar-refractivity contribution < 1.29 is 22.4 Å².